The van der Waals surface area contributed by atoms with Gasteiger partial charge in [0.15, 0.2) is 0 Å². The zero-order valence-electron chi connectivity index (χ0n) is 11.4. The predicted molar refractivity (Wildman–Crippen MR) is 86.4 cm³/mol. The molecule has 1 atom stereocenters. The molecule has 104 valence electrons. The summed E-state index contributed by atoms with van der Waals surface area (Å²) in [7, 11) is 0. The first-order chi connectivity index (χ1) is 9.20. The third kappa shape index (κ3) is 4.18. The van der Waals surface area contributed by atoms with Gasteiger partial charge in [-0.2, -0.15) is 0 Å². The average Bonchev–Trinajstić information content (AvgIpc) is 2.94. The molecule has 0 spiro atoms. The van der Waals surface area contributed by atoms with Gasteiger partial charge in [-0.05, 0) is 79.2 Å². The number of hydrogen-bond acceptors (Lipinski definition) is 2. The molecule has 1 saturated heterocycles. The summed E-state index contributed by atoms with van der Waals surface area (Å²) in [6.07, 6.45) is 3.68. The molecule has 0 bridgehead atoms. The number of amides is 1. The van der Waals surface area contributed by atoms with Crippen LogP contribution < -0.4 is 5.32 Å². The maximum absolute atomic E-state index is 12.1. The van der Waals surface area contributed by atoms with E-state index in [1.165, 1.54) is 25.9 Å². The third-order valence-electron chi connectivity index (χ3n) is 3.73. The Balaban J connectivity index is 1.86. The summed E-state index contributed by atoms with van der Waals surface area (Å²) in [5.74, 6) is 0.0362. The quantitative estimate of drug-likeness (QED) is 0.807. The highest BCUT2D eigenvalue weighted by molar-refractivity contribution is 14.1. The number of hydrogen-bond donors (Lipinski definition) is 1. The minimum absolute atomic E-state index is 0.0362. The van der Waals surface area contributed by atoms with E-state index in [1.807, 2.05) is 24.3 Å². The zero-order chi connectivity index (χ0) is 13.7. The first-order valence-corrected chi connectivity index (χ1v) is 8.06. The number of benzene rings is 1. The van der Waals surface area contributed by atoms with Gasteiger partial charge in [-0.3, -0.25) is 9.69 Å². The van der Waals surface area contributed by atoms with Gasteiger partial charge >= 0.3 is 0 Å². The van der Waals surface area contributed by atoms with E-state index in [-0.39, 0.29) is 5.91 Å². The van der Waals surface area contributed by atoms with Crippen molar-refractivity contribution in [3.63, 3.8) is 0 Å². The predicted octanol–water partition coefficient (Wildman–Crippen LogP) is 2.90. The van der Waals surface area contributed by atoms with Gasteiger partial charge in [0.25, 0.3) is 5.91 Å². The molecule has 1 aliphatic rings. The molecular formula is C15H21IN2O. The van der Waals surface area contributed by atoms with Crippen LogP contribution in [0.4, 0.5) is 0 Å². The van der Waals surface area contributed by atoms with Crippen LogP contribution in [-0.2, 0) is 0 Å². The fourth-order valence-corrected chi connectivity index (χ4v) is 2.91. The Morgan fingerprint density at radius 1 is 1.32 bits per heavy atom. The van der Waals surface area contributed by atoms with E-state index in [1.54, 1.807) is 0 Å². The van der Waals surface area contributed by atoms with Crippen LogP contribution in [0.2, 0.25) is 0 Å². The second-order valence-corrected chi connectivity index (χ2v) is 6.27. The lowest BCUT2D eigenvalue weighted by Gasteiger charge is -2.26. The van der Waals surface area contributed by atoms with Crippen LogP contribution in [0.25, 0.3) is 0 Å². The highest BCUT2D eigenvalue weighted by Crippen LogP contribution is 2.13. The summed E-state index contributed by atoms with van der Waals surface area (Å²) >= 11 is 2.25. The van der Waals surface area contributed by atoms with Crippen LogP contribution in [0.1, 0.15) is 36.5 Å². The van der Waals surface area contributed by atoms with E-state index >= 15 is 0 Å². The molecule has 3 nitrogen and oxygen atoms in total. The molecule has 0 aromatic heterocycles. The Labute approximate surface area is 128 Å². The van der Waals surface area contributed by atoms with Crippen molar-refractivity contribution in [2.75, 3.05) is 19.6 Å². The zero-order valence-corrected chi connectivity index (χ0v) is 13.5. The standard InChI is InChI=1S/C15H21IN2O/c1-2-14(18-9-3-4-10-18)11-17-15(19)12-5-7-13(16)8-6-12/h5-8,14H,2-4,9-11H2,1H3,(H,17,19). The van der Waals surface area contributed by atoms with Gasteiger partial charge in [0, 0.05) is 21.7 Å². The lowest BCUT2D eigenvalue weighted by Crippen LogP contribution is -2.42. The van der Waals surface area contributed by atoms with Crippen LogP contribution in [-0.4, -0.2) is 36.5 Å². The number of nitrogens with one attached hydrogen (secondary N) is 1. The fourth-order valence-electron chi connectivity index (χ4n) is 2.55. The number of nitrogens with zero attached hydrogens (tertiary/aromatic N) is 1. The molecule has 1 aliphatic heterocycles. The minimum Gasteiger partial charge on any atom is -0.350 e. The Bertz CT molecular complexity index is 413. The van der Waals surface area contributed by atoms with E-state index in [0.717, 1.165) is 22.1 Å². The molecule has 0 radical (unpaired) electrons. The second kappa shape index (κ2) is 7.24. The lowest BCUT2D eigenvalue weighted by atomic mass is 10.1. The average molecular weight is 372 g/mol. The number of carbonyl (C=O) groups excluding carboxylic acids is 1. The molecule has 2 rings (SSSR count). The summed E-state index contributed by atoms with van der Waals surface area (Å²) in [5, 5.41) is 3.06. The first kappa shape index (κ1) is 14.8. The van der Waals surface area contributed by atoms with E-state index in [2.05, 4.69) is 39.7 Å². The summed E-state index contributed by atoms with van der Waals surface area (Å²) in [4.78, 5) is 14.6. The third-order valence-corrected chi connectivity index (χ3v) is 4.45. The Morgan fingerprint density at radius 3 is 2.53 bits per heavy atom. The number of carbonyl (C=O) groups is 1. The van der Waals surface area contributed by atoms with E-state index in [4.69, 9.17) is 0 Å². The summed E-state index contributed by atoms with van der Waals surface area (Å²) in [5.41, 5.74) is 0.747. The van der Waals surface area contributed by atoms with Crippen molar-refractivity contribution < 1.29 is 4.79 Å². The van der Waals surface area contributed by atoms with Gasteiger partial charge in [0.1, 0.15) is 0 Å². The van der Waals surface area contributed by atoms with Crippen molar-refractivity contribution in [3.05, 3.63) is 33.4 Å². The van der Waals surface area contributed by atoms with Crippen molar-refractivity contribution in [1.29, 1.82) is 0 Å². The minimum atomic E-state index is 0.0362. The molecule has 1 aromatic rings. The van der Waals surface area contributed by atoms with Crippen LogP contribution in [0.3, 0.4) is 0 Å². The van der Waals surface area contributed by atoms with E-state index in [9.17, 15) is 4.79 Å². The summed E-state index contributed by atoms with van der Waals surface area (Å²) in [6, 6.07) is 8.18. The lowest BCUT2D eigenvalue weighted by molar-refractivity contribution is 0.0937. The fraction of sp³-hybridized carbons (Fsp3) is 0.533. The van der Waals surface area contributed by atoms with Gasteiger partial charge < -0.3 is 5.32 Å². The molecule has 1 heterocycles. The molecule has 0 aliphatic carbocycles. The molecule has 1 aromatic carbocycles. The van der Waals surface area contributed by atoms with Crippen LogP contribution in [0.15, 0.2) is 24.3 Å². The molecule has 19 heavy (non-hydrogen) atoms. The maximum atomic E-state index is 12.1. The number of halogens is 1. The molecule has 1 amide bonds. The van der Waals surface area contributed by atoms with Crippen LogP contribution >= 0.6 is 22.6 Å². The van der Waals surface area contributed by atoms with Gasteiger partial charge in [-0.25, -0.2) is 0 Å². The maximum Gasteiger partial charge on any atom is 0.251 e. The summed E-state index contributed by atoms with van der Waals surface area (Å²) < 4.78 is 1.15. The second-order valence-electron chi connectivity index (χ2n) is 5.02. The van der Waals surface area contributed by atoms with Crippen LogP contribution in [0, 0.1) is 3.57 Å². The SMILES string of the molecule is CCC(CNC(=O)c1ccc(I)cc1)N1CCCC1. The van der Waals surface area contributed by atoms with Crippen LogP contribution in [0.5, 0.6) is 0 Å². The first-order valence-electron chi connectivity index (χ1n) is 6.98. The van der Waals surface area contributed by atoms with Crippen molar-refractivity contribution in [3.8, 4) is 0 Å². The van der Waals surface area contributed by atoms with Gasteiger partial charge in [0.2, 0.25) is 0 Å². The molecule has 0 saturated carbocycles. The van der Waals surface area contributed by atoms with Crippen molar-refractivity contribution in [2.24, 2.45) is 0 Å². The Hall–Kier alpha value is -0.620. The van der Waals surface area contributed by atoms with Crippen molar-refractivity contribution >= 4 is 28.5 Å². The number of likely N-dealkylation sites (tertiary alicyclic amines) is 1. The Kier molecular flexibility index (Phi) is 5.63. The van der Waals surface area contributed by atoms with Gasteiger partial charge in [-0.15, -0.1) is 0 Å². The number of rotatable bonds is 5. The van der Waals surface area contributed by atoms with Crippen molar-refractivity contribution in [1.82, 2.24) is 10.2 Å². The normalized spacial score (nSPS) is 17.4. The molecule has 1 N–H and O–H groups in total. The highest BCUT2D eigenvalue weighted by Gasteiger charge is 2.20. The van der Waals surface area contributed by atoms with Gasteiger partial charge in [-0.1, -0.05) is 6.92 Å². The molecule has 1 unspecified atom stereocenters. The summed E-state index contributed by atoms with van der Waals surface area (Å²) in [6.45, 7) is 5.30. The van der Waals surface area contributed by atoms with E-state index < -0.39 is 0 Å². The van der Waals surface area contributed by atoms with Gasteiger partial charge in [0.05, 0.1) is 0 Å². The monoisotopic (exact) mass is 372 g/mol. The molecule has 4 heteroatoms. The van der Waals surface area contributed by atoms with E-state index in [0.29, 0.717) is 6.04 Å². The van der Waals surface area contributed by atoms with Crippen molar-refractivity contribution in [2.45, 2.75) is 32.2 Å². The molecular weight excluding hydrogens is 351 g/mol. The highest BCUT2D eigenvalue weighted by atomic mass is 127. The topological polar surface area (TPSA) is 32.3 Å². The molecule has 1 fully saturated rings. The smallest absolute Gasteiger partial charge is 0.251 e. The largest absolute Gasteiger partial charge is 0.350 e. The Morgan fingerprint density at radius 2 is 1.95 bits per heavy atom.